The molecule has 0 saturated heterocycles. The van der Waals surface area contributed by atoms with E-state index in [1.807, 2.05) is 33.8 Å². The lowest BCUT2D eigenvalue weighted by atomic mass is 10.1. The Hall–Kier alpha value is -1.88. The van der Waals surface area contributed by atoms with Gasteiger partial charge in [0.15, 0.2) is 5.16 Å². The Kier molecular flexibility index (Phi) is 4.63. The SMILES string of the molecule is Cc1cc(C(=O)O)ccc1CSc1nc(C)c(C)c(C)n1. The van der Waals surface area contributed by atoms with Crippen LogP contribution in [0.4, 0.5) is 0 Å². The lowest BCUT2D eigenvalue weighted by molar-refractivity contribution is 0.0697. The summed E-state index contributed by atoms with van der Waals surface area (Å²) in [4.78, 5) is 19.9. The number of hydrogen-bond donors (Lipinski definition) is 1. The van der Waals surface area contributed by atoms with Gasteiger partial charge in [-0.15, -0.1) is 0 Å². The Bertz CT molecular complexity index is 676. The lowest BCUT2D eigenvalue weighted by Crippen LogP contribution is -2.00. The molecule has 1 N–H and O–H groups in total. The fourth-order valence-electron chi connectivity index (χ4n) is 1.94. The molecule has 0 amide bonds. The highest BCUT2D eigenvalue weighted by Gasteiger charge is 2.08. The van der Waals surface area contributed by atoms with E-state index in [4.69, 9.17) is 5.11 Å². The van der Waals surface area contributed by atoms with E-state index in [1.165, 1.54) is 0 Å². The minimum Gasteiger partial charge on any atom is -0.478 e. The van der Waals surface area contributed by atoms with Crippen molar-refractivity contribution in [2.45, 2.75) is 38.6 Å². The molecule has 0 fully saturated rings. The first-order valence-electron chi connectivity index (χ1n) is 6.66. The monoisotopic (exact) mass is 302 g/mol. The topological polar surface area (TPSA) is 63.1 Å². The highest BCUT2D eigenvalue weighted by molar-refractivity contribution is 7.98. The summed E-state index contributed by atoms with van der Waals surface area (Å²) in [7, 11) is 0. The zero-order valence-corrected chi connectivity index (χ0v) is 13.4. The van der Waals surface area contributed by atoms with Crippen molar-refractivity contribution in [3.05, 3.63) is 51.8 Å². The van der Waals surface area contributed by atoms with Crippen LogP contribution in [0.25, 0.3) is 0 Å². The third-order valence-corrected chi connectivity index (χ3v) is 4.45. The average Bonchev–Trinajstić information content (AvgIpc) is 2.43. The molecule has 1 aromatic heterocycles. The Balaban J connectivity index is 2.15. The number of nitrogens with zero attached hydrogens (tertiary/aromatic N) is 2. The van der Waals surface area contributed by atoms with Gasteiger partial charge in [0, 0.05) is 17.1 Å². The smallest absolute Gasteiger partial charge is 0.335 e. The van der Waals surface area contributed by atoms with Crippen molar-refractivity contribution in [2.24, 2.45) is 0 Å². The molecule has 0 spiro atoms. The van der Waals surface area contributed by atoms with Gasteiger partial charge in [-0.2, -0.15) is 0 Å². The van der Waals surface area contributed by atoms with E-state index >= 15 is 0 Å². The molecular weight excluding hydrogens is 284 g/mol. The van der Waals surface area contributed by atoms with Crippen molar-refractivity contribution >= 4 is 17.7 Å². The third kappa shape index (κ3) is 3.61. The first kappa shape index (κ1) is 15.5. The van der Waals surface area contributed by atoms with Crippen LogP contribution in [0.3, 0.4) is 0 Å². The van der Waals surface area contributed by atoms with Gasteiger partial charge in [-0.3, -0.25) is 0 Å². The van der Waals surface area contributed by atoms with E-state index in [-0.39, 0.29) is 0 Å². The molecule has 0 atom stereocenters. The van der Waals surface area contributed by atoms with Gasteiger partial charge in [-0.1, -0.05) is 17.8 Å². The van der Waals surface area contributed by atoms with Gasteiger partial charge in [0.05, 0.1) is 5.56 Å². The second-order valence-corrected chi connectivity index (χ2v) is 5.98. The first-order valence-corrected chi connectivity index (χ1v) is 7.64. The maximum atomic E-state index is 10.9. The van der Waals surface area contributed by atoms with Gasteiger partial charge >= 0.3 is 5.97 Å². The number of benzene rings is 1. The largest absolute Gasteiger partial charge is 0.478 e. The summed E-state index contributed by atoms with van der Waals surface area (Å²) in [6, 6.07) is 5.20. The number of aryl methyl sites for hydroxylation is 3. The normalized spacial score (nSPS) is 10.7. The molecule has 0 radical (unpaired) electrons. The van der Waals surface area contributed by atoms with Crippen molar-refractivity contribution in [3.8, 4) is 0 Å². The maximum Gasteiger partial charge on any atom is 0.335 e. The van der Waals surface area contributed by atoms with Gasteiger partial charge in [0.2, 0.25) is 0 Å². The molecule has 0 aliphatic heterocycles. The fourth-order valence-corrected chi connectivity index (χ4v) is 2.95. The summed E-state index contributed by atoms with van der Waals surface area (Å²) >= 11 is 1.57. The number of rotatable bonds is 4. The van der Waals surface area contributed by atoms with Crippen LogP contribution in [0.15, 0.2) is 23.4 Å². The highest BCUT2D eigenvalue weighted by Crippen LogP contribution is 2.23. The van der Waals surface area contributed by atoms with Crippen molar-refractivity contribution in [2.75, 3.05) is 0 Å². The van der Waals surface area contributed by atoms with Crippen LogP contribution in [-0.4, -0.2) is 21.0 Å². The van der Waals surface area contributed by atoms with Crippen molar-refractivity contribution in [3.63, 3.8) is 0 Å². The Morgan fingerprint density at radius 1 is 1.14 bits per heavy atom. The predicted octanol–water partition coefficient (Wildman–Crippen LogP) is 3.70. The summed E-state index contributed by atoms with van der Waals surface area (Å²) in [5, 5.41) is 9.73. The Morgan fingerprint density at radius 3 is 2.29 bits per heavy atom. The fraction of sp³-hybridized carbons (Fsp3) is 0.312. The molecule has 1 heterocycles. The molecule has 4 nitrogen and oxygen atoms in total. The van der Waals surface area contributed by atoms with Crippen LogP contribution in [0, 0.1) is 27.7 Å². The van der Waals surface area contributed by atoms with Crippen LogP contribution in [0.5, 0.6) is 0 Å². The van der Waals surface area contributed by atoms with Gasteiger partial charge < -0.3 is 5.11 Å². The van der Waals surface area contributed by atoms with Gasteiger partial charge in [0.25, 0.3) is 0 Å². The quantitative estimate of drug-likeness (QED) is 0.689. The van der Waals surface area contributed by atoms with Crippen LogP contribution in [0.1, 0.15) is 38.4 Å². The zero-order valence-electron chi connectivity index (χ0n) is 12.6. The number of carboxylic acid groups (broad SMARTS) is 1. The highest BCUT2D eigenvalue weighted by atomic mass is 32.2. The predicted molar refractivity (Wildman–Crippen MR) is 83.9 cm³/mol. The number of hydrogen-bond acceptors (Lipinski definition) is 4. The number of thioether (sulfide) groups is 1. The summed E-state index contributed by atoms with van der Waals surface area (Å²) < 4.78 is 0. The number of aromatic nitrogens is 2. The van der Waals surface area contributed by atoms with Crippen LogP contribution >= 0.6 is 11.8 Å². The summed E-state index contributed by atoms with van der Waals surface area (Å²) in [5.74, 6) is -0.168. The molecule has 21 heavy (non-hydrogen) atoms. The first-order chi connectivity index (χ1) is 9.88. The molecule has 0 aliphatic rings. The summed E-state index contributed by atoms with van der Waals surface area (Å²) in [6.07, 6.45) is 0. The summed E-state index contributed by atoms with van der Waals surface area (Å²) in [5.41, 5.74) is 5.53. The molecule has 1 aromatic carbocycles. The van der Waals surface area contributed by atoms with Crippen molar-refractivity contribution < 1.29 is 9.90 Å². The minimum absolute atomic E-state index is 0.319. The molecule has 0 aliphatic carbocycles. The standard InChI is InChI=1S/C16H18N2O2S/c1-9-7-13(15(19)20)5-6-14(9)8-21-16-17-11(3)10(2)12(4)18-16/h5-7H,8H2,1-4H3,(H,19,20). The van der Waals surface area contributed by atoms with E-state index < -0.39 is 5.97 Å². The second-order valence-electron chi connectivity index (χ2n) is 5.04. The average molecular weight is 302 g/mol. The molecular formula is C16H18N2O2S. The lowest BCUT2D eigenvalue weighted by Gasteiger charge is -2.08. The van der Waals surface area contributed by atoms with Gasteiger partial charge in [-0.05, 0) is 56.5 Å². The second kappa shape index (κ2) is 6.26. The van der Waals surface area contributed by atoms with Crippen LogP contribution in [-0.2, 0) is 5.75 Å². The molecule has 0 unspecified atom stereocenters. The van der Waals surface area contributed by atoms with E-state index in [0.29, 0.717) is 5.56 Å². The molecule has 2 rings (SSSR count). The molecule has 0 bridgehead atoms. The van der Waals surface area contributed by atoms with Gasteiger partial charge in [0.1, 0.15) is 0 Å². The van der Waals surface area contributed by atoms with E-state index in [9.17, 15) is 4.79 Å². The van der Waals surface area contributed by atoms with Crippen molar-refractivity contribution in [1.82, 2.24) is 9.97 Å². The number of aromatic carboxylic acids is 1. The Morgan fingerprint density at radius 2 is 1.76 bits per heavy atom. The molecule has 2 aromatic rings. The number of carbonyl (C=O) groups is 1. The van der Waals surface area contributed by atoms with Gasteiger partial charge in [-0.25, -0.2) is 14.8 Å². The summed E-state index contributed by atoms with van der Waals surface area (Å²) in [6.45, 7) is 7.92. The molecule has 110 valence electrons. The van der Waals surface area contributed by atoms with E-state index in [1.54, 1.807) is 23.9 Å². The van der Waals surface area contributed by atoms with Crippen molar-refractivity contribution in [1.29, 1.82) is 0 Å². The van der Waals surface area contributed by atoms with Crippen LogP contribution in [0.2, 0.25) is 0 Å². The zero-order chi connectivity index (χ0) is 15.6. The van der Waals surface area contributed by atoms with Crippen LogP contribution < -0.4 is 0 Å². The Labute approximate surface area is 128 Å². The maximum absolute atomic E-state index is 10.9. The van der Waals surface area contributed by atoms with E-state index in [0.717, 1.165) is 39.0 Å². The minimum atomic E-state index is -0.898. The number of carboxylic acids is 1. The molecule has 5 heteroatoms. The third-order valence-electron chi connectivity index (χ3n) is 3.56. The van der Waals surface area contributed by atoms with E-state index in [2.05, 4.69) is 9.97 Å². The molecule has 0 saturated carbocycles.